The first-order valence-electron chi connectivity index (χ1n) is 5.66. The molecule has 3 heteroatoms. The molecule has 0 aliphatic heterocycles. The van der Waals surface area contributed by atoms with E-state index < -0.39 is 0 Å². The zero-order valence-electron chi connectivity index (χ0n) is 10.2. The molecule has 0 aliphatic carbocycles. The van der Waals surface area contributed by atoms with Gasteiger partial charge in [-0.1, -0.05) is 12.1 Å². The molecule has 0 saturated carbocycles. The molecule has 2 N–H and O–H groups in total. The van der Waals surface area contributed by atoms with Crippen LogP contribution in [0.3, 0.4) is 0 Å². The molecular weight excluding hydrogens is 214 g/mol. The quantitative estimate of drug-likeness (QED) is 0.880. The van der Waals surface area contributed by atoms with Crippen LogP contribution >= 0.6 is 0 Å². The third-order valence-electron chi connectivity index (χ3n) is 2.76. The molecule has 1 aromatic heterocycles. The number of hydrogen-bond donors (Lipinski definition) is 1. The summed E-state index contributed by atoms with van der Waals surface area (Å²) in [5.74, 6) is 1.69. The second kappa shape index (κ2) is 5.06. The monoisotopic (exact) mass is 231 g/mol. The topological polar surface area (TPSA) is 48.4 Å². The van der Waals surface area contributed by atoms with Gasteiger partial charge in [0.2, 0.25) is 0 Å². The predicted molar refractivity (Wildman–Crippen MR) is 66.8 cm³/mol. The highest BCUT2D eigenvalue weighted by atomic mass is 16.5. The molecule has 3 nitrogen and oxygen atoms in total. The number of furan rings is 1. The minimum atomic E-state index is 0.420. The van der Waals surface area contributed by atoms with Crippen molar-refractivity contribution >= 4 is 0 Å². The van der Waals surface area contributed by atoms with Crippen LogP contribution in [0.15, 0.2) is 34.9 Å². The van der Waals surface area contributed by atoms with Crippen molar-refractivity contribution in [3.63, 3.8) is 0 Å². The van der Waals surface area contributed by atoms with Gasteiger partial charge >= 0.3 is 0 Å². The highest BCUT2D eigenvalue weighted by Crippen LogP contribution is 2.21. The Morgan fingerprint density at radius 1 is 1.24 bits per heavy atom. The lowest BCUT2D eigenvalue weighted by Gasteiger charge is -2.09. The summed E-state index contributed by atoms with van der Waals surface area (Å²) in [6.07, 6.45) is 1.64. The summed E-state index contributed by atoms with van der Waals surface area (Å²) < 4.78 is 11.1. The number of aryl methyl sites for hydroxylation is 2. The van der Waals surface area contributed by atoms with E-state index in [9.17, 15) is 0 Å². The molecule has 17 heavy (non-hydrogen) atoms. The van der Waals surface area contributed by atoms with Gasteiger partial charge in [0.25, 0.3) is 0 Å². The molecule has 0 unspecified atom stereocenters. The Morgan fingerprint density at radius 2 is 2.06 bits per heavy atom. The smallest absolute Gasteiger partial charge is 0.146 e. The number of hydrogen-bond acceptors (Lipinski definition) is 3. The molecule has 2 aromatic rings. The van der Waals surface area contributed by atoms with Gasteiger partial charge in [-0.05, 0) is 37.1 Å². The molecule has 1 aromatic carbocycles. The Kier molecular flexibility index (Phi) is 3.49. The van der Waals surface area contributed by atoms with Gasteiger partial charge in [-0.2, -0.15) is 0 Å². The minimum Gasteiger partial charge on any atom is -0.485 e. The Balaban J connectivity index is 2.09. The molecule has 0 atom stereocenters. The van der Waals surface area contributed by atoms with E-state index in [0.29, 0.717) is 13.2 Å². The van der Waals surface area contributed by atoms with E-state index in [-0.39, 0.29) is 0 Å². The van der Waals surface area contributed by atoms with Crippen LogP contribution in [0.5, 0.6) is 5.75 Å². The molecule has 0 saturated heterocycles. The SMILES string of the molecule is Cc1ccc(C)c(OCc2occc2CN)c1. The van der Waals surface area contributed by atoms with Gasteiger partial charge in [0.15, 0.2) is 0 Å². The lowest BCUT2D eigenvalue weighted by Crippen LogP contribution is -2.02. The van der Waals surface area contributed by atoms with Crippen LogP contribution in [0.2, 0.25) is 0 Å². The lowest BCUT2D eigenvalue weighted by molar-refractivity contribution is 0.267. The average molecular weight is 231 g/mol. The Hall–Kier alpha value is -1.74. The van der Waals surface area contributed by atoms with Crippen molar-refractivity contribution in [3.8, 4) is 5.75 Å². The Morgan fingerprint density at radius 3 is 2.82 bits per heavy atom. The van der Waals surface area contributed by atoms with Crippen molar-refractivity contribution in [3.05, 3.63) is 53.0 Å². The van der Waals surface area contributed by atoms with Gasteiger partial charge in [-0.3, -0.25) is 0 Å². The number of nitrogens with two attached hydrogens (primary N) is 1. The van der Waals surface area contributed by atoms with Crippen LogP contribution in [-0.4, -0.2) is 0 Å². The number of ether oxygens (including phenoxy) is 1. The van der Waals surface area contributed by atoms with E-state index in [4.69, 9.17) is 14.9 Å². The van der Waals surface area contributed by atoms with Crippen molar-refractivity contribution in [2.24, 2.45) is 5.73 Å². The van der Waals surface area contributed by atoms with E-state index in [1.165, 1.54) is 5.56 Å². The van der Waals surface area contributed by atoms with Gasteiger partial charge < -0.3 is 14.9 Å². The standard InChI is InChI=1S/C14H17NO2/c1-10-3-4-11(2)13(7-10)17-9-14-12(8-15)5-6-16-14/h3-7H,8-9,15H2,1-2H3. The molecule has 0 aliphatic rings. The van der Waals surface area contributed by atoms with Crippen LogP contribution in [0.1, 0.15) is 22.5 Å². The first-order valence-corrected chi connectivity index (χ1v) is 5.66. The summed E-state index contributed by atoms with van der Waals surface area (Å²) in [6, 6.07) is 8.03. The Bertz CT molecular complexity index is 503. The van der Waals surface area contributed by atoms with Gasteiger partial charge in [0.05, 0.1) is 6.26 Å². The maximum absolute atomic E-state index is 5.76. The second-order valence-corrected chi connectivity index (χ2v) is 4.13. The fourth-order valence-corrected chi connectivity index (χ4v) is 1.68. The van der Waals surface area contributed by atoms with Gasteiger partial charge in [-0.15, -0.1) is 0 Å². The maximum atomic E-state index is 5.76. The highest BCUT2D eigenvalue weighted by Gasteiger charge is 2.06. The number of benzene rings is 1. The first-order chi connectivity index (χ1) is 8.20. The molecular formula is C14H17NO2. The van der Waals surface area contributed by atoms with E-state index >= 15 is 0 Å². The fraction of sp³-hybridized carbons (Fsp3) is 0.286. The van der Waals surface area contributed by atoms with E-state index in [2.05, 4.69) is 12.1 Å². The van der Waals surface area contributed by atoms with Gasteiger partial charge in [-0.25, -0.2) is 0 Å². The summed E-state index contributed by atoms with van der Waals surface area (Å²) in [5.41, 5.74) is 8.90. The van der Waals surface area contributed by atoms with Crippen molar-refractivity contribution in [2.45, 2.75) is 27.0 Å². The van der Waals surface area contributed by atoms with Crippen LogP contribution < -0.4 is 10.5 Å². The molecule has 0 amide bonds. The van der Waals surface area contributed by atoms with Gasteiger partial charge in [0.1, 0.15) is 18.1 Å². The molecule has 0 bridgehead atoms. The van der Waals surface area contributed by atoms with Crippen LogP contribution in [0.25, 0.3) is 0 Å². The van der Waals surface area contributed by atoms with Crippen molar-refractivity contribution in [1.29, 1.82) is 0 Å². The largest absolute Gasteiger partial charge is 0.485 e. The van der Waals surface area contributed by atoms with Crippen molar-refractivity contribution in [2.75, 3.05) is 0 Å². The first kappa shape index (κ1) is 11.7. The maximum Gasteiger partial charge on any atom is 0.146 e. The van der Waals surface area contributed by atoms with E-state index in [1.807, 2.05) is 26.0 Å². The molecule has 2 rings (SSSR count). The fourth-order valence-electron chi connectivity index (χ4n) is 1.68. The zero-order valence-corrected chi connectivity index (χ0v) is 10.2. The normalized spacial score (nSPS) is 10.5. The Labute approximate surface area is 101 Å². The van der Waals surface area contributed by atoms with E-state index in [0.717, 1.165) is 22.6 Å². The molecule has 90 valence electrons. The molecule has 0 spiro atoms. The molecule has 0 radical (unpaired) electrons. The minimum absolute atomic E-state index is 0.420. The zero-order chi connectivity index (χ0) is 12.3. The van der Waals surface area contributed by atoms with Crippen LogP contribution in [0, 0.1) is 13.8 Å². The summed E-state index contributed by atoms with van der Waals surface area (Å²) in [4.78, 5) is 0. The third-order valence-corrected chi connectivity index (χ3v) is 2.76. The second-order valence-electron chi connectivity index (χ2n) is 4.13. The number of rotatable bonds is 4. The van der Waals surface area contributed by atoms with Gasteiger partial charge in [0, 0.05) is 12.1 Å². The summed E-state index contributed by atoms with van der Waals surface area (Å²) in [5, 5.41) is 0. The predicted octanol–water partition coefficient (Wildman–Crippen LogP) is 2.93. The van der Waals surface area contributed by atoms with Crippen LogP contribution in [0.4, 0.5) is 0 Å². The lowest BCUT2D eigenvalue weighted by atomic mass is 10.1. The van der Waals surface area contributed by atoms with Crippen molar-refractivity contribution < 1.29 is 9.15 Å². The third kappa shape index (κ3) is 2.68. The van der Waals surface area contributed by atoms with E-state index in [1.54, 1.807) is 6.26 Å². The average Bonchev–Trinajstić information content (AvgIpc) is 2.77. The molecule has 1 heterocycles. The molecule has 0 fully saturated rings. The summed E-state index contributed by atoms with van der Waals surface area (Å²) >= 11 is 0. The summed E-state index contributed by atoms with van der Waals surface area (Å²) in [6.45, 7) is 4.97. The highest BCUT2D eigenvalue weighted by molar-refractivity contribution is 5.36. The van der Waals surface area contributed by atoms with Crippen LogP contribution in [-0.2, 0) is 13.2 Å². The van der Waals surface area contributed by atoms with Crippen molar-refractivity contribution in [1.82, 2.24) is 0 Å². The summed E-state index contributed by atoms with van der Waals surface area (Å²) in [7, 11) is 0.